The zero-order valence-electron chi connectivity index (χ0n) is 22.5. The van der Waals surface area contributed by atoms with Crippen molar-refractivity contribution < 1.29 is 29.0 Å². The predicted molar refractivity (Wildman–Crippen MR) is 153 cm³/mol. The minimum absolute atomic E-state index is 0.195. The first kappa shape index (κ1) is 29.3. The quantitative estimate of drug-likeness (QED) is 0.273. The molecule has 0 fully saturated rings. The average molecular weight is 580 g/mol. The second-order valence-electron chi connectivity index (χ2n) is 9.91. The molecule has 4 rings (SSSR count). The van der Waals surface area contributed by atoms with Gasteiger partial charge in [-0.1, -0.05) is 35.7 Å². The number of thioether (sulfide) groups is 2. The van der Waals surface area contributed by atoms with Crippen molar-refractivity contribution in [2.45, 2.75) is 55.4 Å². The van der Waals surface area contributed by atoms with Gasteiger partial charge in [0.2, 0.25) is 0 Å². The molecule has 1 N–H and O–H groups in total. The minimum Gasteiger partial charge on any atom is -0.488 e. The lowest BCUT2D eigenvalue weighted by Gasteiger charge is -2.28. The third-order valence-electron chi connectivity index (χ3n) is 5.86. The fourth-order valence-electron chi connectivity index (χ4n) is 3.58. The van der Waals surface area contributed by atoms with Crippen LogP contribution in [0.4, 0.5) is 5.69 Å². The topological polar surface area (TPSA) is 119 Å². The molecule has 0 unspecified atom stereocenters. The molecular weight excluding hydrogens is 550 g/mol. The summed E-state index contributed by atoms with van der Waals surface area (Å²) in [5, 5.41) is 10.4. The van der Waals surface area contributed by atoms with Crippen LogP contribution in [0.3, 0.4) is 0 Å². The molecular formula is C29H29N3O6S2. The van der Waals surface area contributed by atoms with E-state index >= 15 is 0 Å². The molecule has 2 aromatic heterocycles. The van der Waals surface area contributed by atoms with Gasteiger partial charge in [-0.2, -0.15) is 0 Å². The lowest BCUT2D eigenvalue weighted by Crippen LogP contribution is -2.37. The summed E-state index contributed by atoms with van der Waals surface area (Å²) in [4.78, 5) is 48.7. The minimum atomic E-state index is -1.29. The predicted octanol–water partition coefficient (Wildman–Crippen LogP) is 5.57. The van der Waals surface area contributed by atoms with Crippen LogP contribution >= 0.6 is 23.5 Å². The van der Waals surface area contributed by atoms with Crippen LogP contribution in [0.5, 0.6) is 5.75 Å². The summed E-state index contributed by atoms with van der Waals surface area (Å²) in [6, 6.07) is 17.5. The maximum atomic E-state index is 13.6. The van der Waals surface area contributed by atoms with Crippen LogP contribution in [-0.4, -0.2) is 50.7 Å². The Bertz CT molecular complexity index is 1350. The summed E-state index contributed by atoms with van der Waals surface area (Å²) in [6.07, 6.45) is 3.71. The van der Waals surface area contributed by atoms with E-state index in [2.05, 4.69) is 9.97 Å². The van der Waals surface area contributed by atoms with Gasteiger partial charge < -0.3 is 14.6 Å². The van der Waals surface area contributed by atoms with Crippen molar-refractivity contribution in [1.29, 1.82) is 0 Å². The van der Waals surface area contributed by atoms with Crippen LogP contribution in [0.2, 0.25) is 0 Å². The van der Waals surface area contributed by atoms with Gasteiger partial charge in [0.25, 0.3) is 11.8 Å². The number of carboxylic acids is 1. The van der Waals surface area contributed by atoms with Crippen molar-refractivity contribution in [2.75, 3.05) is 11.5 Å². The molecule has 0 saturated carbocycles. The number of imide groups is 1. The Morgan fingerprint density at radius 3 is 1.82 bits per heavy atom. The smallest absolute Gasteiger partial charge is 0.335 e. The lowest BCUT2D eigenvalue weighted by atomic mass is 10.1. The number of aromatic nitrogens is 2. The van der Waals surface area contributed by atoms with E-state index in [4.69, 9.17) is 9.47 Å². The van der Waals surface area contributed by atoms with Gasteiger partial charge in [0.15, 0.2) is 5.60 Å². The summed E-state index contributed by atoms with van der Waals surface area (Å²) in [7, 11) is 0. The highest BCUT2D eigenvalue weighted by molar-refractivity contribution is 8.08. The summed E-state index contributed by atoms with van der Waals surface area (Å²) >= 11 is 2.29. The molecule has 11 heteroatoms. The Hall–Kier alpha value is -3.67. The van der Waals surface area contributed by atoms with Crippen molar-refractivity contribution in [3.63, 3.8) is 0 Å². The maximum absolute atomic E-state index is 13.6. The third-order valence-corrected chi connectivity index (χ3v) is 8.06. The van der Waals surface area contributed by atoms with Crippen LogP contribution in [0.15, 0.2) is 92.9 Å². The highest BCUT2D eigenvalue weighted by Gasteiger charge is 2.41. The number of ether oxygens (including phenoxy) is 2. The van der Waals surface area contributed by atoms with Crippen molar-refractivity contribution in [1.82, 2.24) is 9.97 Å². The van der Waals surface area contributed by atoms with Crippen molar-refractivity contribution in [3.8, 4) is 5.75 Å². The van der Waals surface area contributed by atoms with E-state index in [1.54, 1.807) is 60.9 Å². The number of carboxylic acid groups (broad SMARTS) is 1. The van der Waals surface area contributed by atoms with E-state index in [0.717, 1.165) is 28.4 Å². The average Bonchev–Trinajstić information content (AvgIpc) is 3.13. The number of carbonyl (C=O) groups excluding carboxylic acids is 2. The molecule has 1 aromatic carbocycles. The molecule has 2 amide bonds. The van der Waals surface area contributed by atoms with Crippen LogP contribution < -0.4 is 9.64 Å². The number of amides is 2. The lowest BCUT2D eigenvalue weighted by molar-refractivity contribution is -0.162. The van der Waals surface area contributed by atoms with Crippen molar-refractivity contribution >= 4 is 47.0 Å². The second kappa shape index (κ2) is 12.2. The zero-order valence-corrected chi connectivity index (χ0v) is 24.1. The van der Waals surface area contributed by atoms with E-state index in [1.165, 1.54) is 13.8 Å². The van der Waals surface area contributed by atoms with E-state index < -0.39 is 29.0 Å². The number of nitrogens with zero attached hydrogens (tertiary/aromatic N) is 3. The highest BCUT2D eigenvalue weighted by Crippen LogP contribution is 2.43. The van der Waals surface area contributed by atoms with Gasteiger partial charge in [-0.15, -0.1) is 0 Å². The molecule has 3 aromatic rings. The van der Waals surface area contributed by atoms with Gasteiger partial charge in [0, 0.05) is 18.8 Å². The normalized spacial score (nSPS) is 14.2. The molecule has 0 saturated heterocycles. The number of carbonyl (C=O) groups is 3. The number of hydrogen-bond donors (Lipinski definition) is 1. The molecule has 0 aliphatic carbocycles. The summed E-state index contributed by atoms with van der Waals surface area (Å²) < 4.78 is 11.6. The fraction of sp³-hybridized carbons (Fsp3) is 0.276. The van der Waals surface area contributed by atoms with Crippen LogP contribution in [0, 0.1) is 0 Å². The zero-order chi connectivity index (χ0) is 28.9. The van der Waals surface area contributed by atoms with E-state index in [9.17, 15) is 19.5 Å². The van der Waals surface area contributed by atoms with Crippen molar-refractivity contribution in [2.24, 2.45) is 0 Å². The first-order valence-electron chi connectivity index (χ1n) is 12.4. The Kier molecular flexibility index (Phi) is 8.97. The summed E-state index contributed by atoms with van der Waals surface area (Å²) in [5.74, 6) is -1.38. The summed E-state index contributed by atoms with van der Waals surface area (Å²) in [5.41, 5.74) is -1.54. The molecule has 208 valence electrons. The van der Waals surface area contributed by atoms with Crippen molar-refractivity contribution in [3.05, 3.63) is 82.9 Å². The molecule has 0 spiro atoms. The highest BCUT2D eigenvalue weighted by atomic mass is 32.2. The van der Waals surface area contributed by atoms with Gasteiger partial charge in [-0.05, 0) is 76.2 Å². The van der Waals surface area contributed by atoms with Gasteiger partial charge >= 0.3 is 5.97 Å². The van der Waals surface area contributed by atoms with Gasteiger partial charge in [0.05, 0.1) is 22.1 Å². The summed E-state index contributed by atoms with van der Waals surface area (Å²) in [6.45, 7) is 6.94. The first-order chi connectivity index (χ1) is 19.0. The monoisotopic (exact) mass is 579 g/mol. The molecule has 0 bridgehead atoms. The molecule has 0 atom stereocenters. The molecule has 9 nitrogen and oxygen atoms in total. The largest absolute Gasteiger partial charge is 0.488 e. The Morgan fingerprint density at radius 1 is 0.850 bits per heavy atom. The number of rotatable bonds is 12. The third kappa shape index (κ3) is 7.09. The maximum Gasteiger partial charge on any atom is 0.335 e. The number of aliphatic carboxylic acids is 1. The van der Waals surface area contributed by atoms with E-state index in [-0.39, 0.29) is 16.4 Å². The molecule has 40 heavy (non-hydrogen) atoms. The SMILES string of the molecule is CC(C)(CCOC(C)(C)C(=O)O)Oc1ccc(N2C(=O)C(Sc3ccccn3)=C(Sc3ccccn3)C2=O)cc1. The fourth-order valence-corrected chi connectivity index (χ4v) is 5.48. The second-order valence-corrected chi connectivity index (χ2v) is 12.0. The van der Waals surface area contributed by atoms with E-state index in [1.807, 2.05) is 26.0 Å². The molecule has 0 radical (unpaired) electrons. The standard InChI is InChI=1S/C29H29N3O6S2/c1-28(2,15-18-37-29(3,4)27(35)36)38-20-13-11-19(12-14-20)32-25(33)23(39-21-9-5-7-16-30-21)24(26(32)34)40-22-10-6-8-17-31-22/h5-14,16-17H,15,18H2,1-4H3,(H,35,36). The van der Waals surface area contributed by atoms with Gasteiger partial charge in [-0.3, -0.25) is 9.59 Å². The number of hydrogen-bond acceptors (Lipinski definition) is 9. The van der Waals surface area contributed by atoms with Crippen LogP contribution in [0.1, 0.15) is 34.1 Å². The van der Waals surface area contributed by atoms with Gasteiger partial charge in [0.1, 0.15) is 21.4 Å². The molecule has 1 aliphatic rings. The number of anilines is 1. The van der Waals surface area contributed by atoms with Crippen LogP contribution in [0.25, 0.3) is 0 Å². The Balaban J connectivity index is 1.50. The first-order valence-corrected chi connectivity index (χ1v) is 14.1. The Labute approximate surface area is 241 Å². The number of benzene rings is 1. The van der Waals surface area contributed by atoms with Crippen LogP contribution in [-0.2, 0) is 19.1 Å². The molecule has 1 aliphatic heterocycles. The molecule has 3 heterocycles. The van der Waals surface area contributed by atoms with Gasteiger partial charge in [-0.25, -0.2) is 19.7 Å². The number of pyridine rings is 2. The Morgan fingerprint density at radius 2 is 1.38 bits per heavy atom. The van der Waals surface area contributed by atoms with E-state index in [0.29, 0.717) is 27.9 Å².